The summed E-state index contributed by atoms with van der Waals surface area (Å²) >= 11 is 0. The summed E-state index contributed by atoms with van der Waals surface area (Å²) in [6.07, 6.45) is -0.370. The number of rotatable bonds is 10. The molecule has 33 heavy (non-hydrogen) atoms. The molecule has 0 saturated carbocycles. The Morgan fingerprint density at radius 2 is 1.33 bits per heavy atom. The number of esters is 1. The first-order valence-electron chi connectivity index (χ1n) is 10.5. The quantitative estimate of drug-likeness (QED) is 0.236. The molecule has 0 N–H and O–H groups in total. The van der Waals surface area contributed by atoms with Gasteiger partial charge in [-0.15, -0.1) is 0 Å². The highest BCUT2D eigenvalue weighted by Crippen LogP contribution is 2.23. The Morgan fingerprint density at radius 3 is 1.85 bits per heavy atom. The topological polar surface area (TPSA) is 46.6 Å². The van der Waals surface area contributed by atoms with E-state index in [9.17, 15) is 22.8 Å². The highest BCUT2D eigenvalue weighted by atomic mass is 19.2. The van der Waals surface area contributed by atoms with Crippen molar-refractivity contribution in [1.82, 2.24) is 4.90 Å². The van der Waals surface area contributed by atoms with Crippen LogP contribution in [0.2, 0.25) is 0 Å². The molecule has 0 amide bonds. The van der Waals surface area contributed by atoms with Crippen molar-refractivity contribution in [1.29, 1.82) is 0 Å². The number of halogens is 3. The van der Waals surface area contributed by atoms with Crippen LogP contribution in [0.25, 0.3) is 0 Å². The number of Topliss-reactive ketones (excluding diaryl/α,β-unsaturated/α-hetero) is 1. The molecule has 0 unspecified atom stereocenters. The molecule has 0 aliphatic carbocycles. The number of carbonyl (C=O) groups is 2. The molecule has 0 heterocycles. The molecular formula is C26H24F3NO3. The van der Waals surface area contributed by atoms with E-state index >= 15 is 0 Å². The van der Waals surface area contributed by atoms with Crippen molar-refractivity contribution >= 4 is 11.8 Å². The van der Waals surface area contributed by atoms with Gasteiger partial charge in [0.05, 0.1) is 24.6 Å². The first-order chi connectivity index (χ1) is 15.9. The van der Waals surface area contributed by atoms with E-state index in [1.165, 1.54) is 0 Å². The molecule has 4 nitrogen and oxygen atoms in total. The second kappa shape index (κ2) is 11.4. The van der Waals surface area contributed by atoms with Crippen LogP contribution in [0.4, 0.5) is 13.2 Å². The maximum atomic E-state index is 14.5. The molecule has 172 valence electrons. The minimum Gasteiger partial charge on any atom is -0.466 e. The Bertz CT molecular complexity index is 1050. The highest BCUT2D eigenvalue weighted by molar-refractivity contribution is 6.02. The van der Waals surface area contributed by atoms with Crippen molar-refractivity contribution in [2.45, 2.75) is 32.5 Å². The normalized spacial score (nSPS) is 11.9. The lowest BCUT2D eigenvalue weighted by Crippen LogP contribution is -2.42. The summed E-state index contributed by atoms with van der Waals surface area (Å²) in [5.74, 6) is -5.40. The third-order valence-corrected chi connectivity index (χ3v) is 5.14. The lowest BCUT2D eigenvalue weighted by atomic mass is 9.97. The SMILES string of the molecule is CCOC(=O)C[C@@H](C(=O)c1cc(F)c(F)cc1F)N(Cc1ccccc1)Cc1ccccc1. The van der Waals surface area contributed by atoms with Crippen LogP contribution in [0.1, 0.15) is 34.8 Å². The molecule has 3 rings (SSSR count). The van der Waals surface area contributed by atoms with E-state index in [1.54, 1.807) is 11.8 Å². The molecule has 1 atom stereocenters. The van der Waals surface area contributed by atoms with Crippen molar-refractivity contribution in [3.05, 3.63) is 107 Å². The summed E-state index contributed by atoms with van der Waals surface area (Å²) < 4.78 is 46.8. The Balaban J connectivity index is 2.03. The van der Waals surface area contributed by atoms with Gasteiger partial charge in [-0.25, -0.2) is 13.2 Å². The van der Waals surface area contributed by atoms with Crippen LogP contribution in [-0.4, -0.2) is 29.3 Å². The molecule has 0 fully saturated rings. The fourth-order valence-corrected chi connectivity index (χ4v) is 3.57. The molecule has 0 radical (unpaired) electrons. The molecule has 3 aromatic carbocycles. The lowest BCUT2D eigenvalue weighted by molar-refractivity contribution is -0.144. The van der Waals surface area contributed by atoms with Crippen LogP contribution >= 0.6 is 0 Å². The molecule has 3 aromatic rings. The highest BCUT2D eigenvalue weighted by Gasteiger charge is 2.32. The van der Waals surface area contributed by atoms with Gasteiger partial charge in [0.2, 0.25) is 0 Å². The second-order valence-corrected chi connectivity index (χ2v) is 7.51. The van der Waals surface area contributed by atoms with Crippen molar-refractivity contribution < 1.29 is 27.5 Å². The predicted octanol–water partition coefficient (Wildman–Crippen LogP) is 5.31. The number of hydrogen-bond acceptors (Lipinski definition) is 4. The van der Waals surface area contributed by atoms with Gasteiger partial charge in [0.15, 0.2) is 17.4 Å². The zero-order valence-corrected chi connectivity index (χ0v) is 18.1. The minimum absolute atomic E-state index is 0.108. The molecule has 0 bridgehead atoms. The number of hydrogen-bond donors (Lipinski definition) is 0. The summed E-state index contributed by atoms with van der Waals surface area (Å²) in [7, 11) is 0. The van der Waals surface area contributed by atoms with E-state index in [0.717, 1.165) is 11.1 Å². The number of nitrogens with zero attached hydrogens (tertiary/aromatic N) is 1. The number of carbonyl (C=O) groups excluding carboxylic acids is 2. The van der Waals surface area contributed by atoms with E-state index < -0.39 is 40.8 Å². The predicted molar refractivity (Wildman–Crippen MR) is 118 cm³/mol. The zero-order chi connectivity index (χ0) is 23.8. The summed E-state index contributed by atoms with van der Waals surface area (Å²) in [6, 6.07) is 18.2. The summed E-state index contributed by atoms with van der Waals surface area (Å²) in [5, 5.41) is 0. The Labute approximate surface area is 190 Å². The van der Waals surface area contributed by atoms with Crippen LogP contribution < -0.4 is 0 Å². The fraction of sp³-hybridized carbons (Fsp3) is 0.231. The first-order valence-corrected chi connectivity index (χ1v) is 10.5. The van der Waals surface area contributed by atoms with E-state index in [2.05, 4.69) is 0 Å². The summed E-state index contributed by atoms with van der Waals surface area (Å²) in [6.45, 7) is 2.26. The van der Waals surface area contributed by atoms with Gasteiger partial charge in [0.25, 0.3) is 0 Å². The van der Waals surface area contributed by atoms with E-state index in [1.807, 2.05) is 60.7 Å². The van der Waals surface area contributed by atoms with Crippen molar-refractivity contribution in [3.63, 3.8) is 0 Å². The number of benzene rings is 3. The van der Waals surface area contributed by atoms with Crippen LogP contribution in [0.3, 0.4) is 0 Å². The average molecular weight is 455 g/mol. The standard InChI is InChI=1S/C26H24F3NO3/c1-2-33-25(31)15-24(26(32)20-13-22(28)23(29)14-21(20)27)30(16-18-9-5-3-6-10-18)17-19-11-7-4-8-12-19/h3-14,24H,2,15-17H2,1H3/t24-/m0/s1. The van der Waals surface area contributed by atoms with Crippen LogP contribution in [0.5, 0.6) is 0 Å². The number of ether oxygens (including phenoxy) is 1. The van der Waals surface area contributed by atoms with Gasteiger partial charge >= 0.3 is 5.97 Å². The maximum Gasteiger partial charge on any atom is 0.307 e. The van der Waals surface area contributed by atoms with Gasteiger partial charge in [0, 0.05) is 19.2 Å². The molecule has 7 heteroatoms. The van der Waals surface area contributed by atoms with Crippen molar-refractivity contribution in [2.24, 2.45) is 0 Å². The lowest BCUT2D eigenvalue weighted by Gasteiger charge is -2.30. The van der Waals surface area contributed by atoms with Gasteiger partial charge in [-0.05, 0) is 24.1 Å². The zero-order valence-electron chi connectivity index (χ0n) is 18.1. The van der Waals surface area contributed by atoms with Gasteiger partial charge in [-0.3, -0.25) is 14.5 Å². The van der Waals surface area contributed by atoms with E-state index in [4.69, 9.17) is 4.74 Å². The molecule has 0 aliphatic rings. The van der Waals surface area contributed by atoms with Gasteiger partial charge < -0.3 is 4.74 Å². The Kier molecular flexibility index (Phi) is 8.38. The van der Waals surface area contributed by atoms with Crippen LogP contribution in [-0.2, 0) is 22.6 Å². The van der Waals surface area contributed by atoms with Crippen molar-refractivity contribution in [2.75, 3.05) is 6.61 Å². The number of ketones is 1. The third-order valence-electron chi connectivity index (χ3n) is 5.14. The second-order valence-electron chi connectivity index (χ2n) is 7.51. The largest absolute Gasteiger partial charge is 0.466 e. The van der Waals surface area contributed by atoms with Gasteiger partial charge in [-0.1, -0.05) is 60.7 Å². The fourth-order valence-electron chi connectivity index (χ4n) is 3.57. The molecule has 0 saturated heterocycles. The summed E-state index contributed by atoms with van der Waals surface area (Å²) in [4.78, 5) is 27.5. The molecule has 0 aromatic heterocycles. The summed E-state index contributed by atoms with van der Waals surface area (Å²) in [5.41, 5.74) is 1.11. The van der Waals surface area contributed by atoms with Gasteiger partial charge in [0.1, 0.15) is 5.82 Å². The van der Waals surface area contributed by atoms with Crippen LogP contribution in [0.15, 0.2) is 72.8 Å². The van der Waals surface area contributed by atoms with E-state index in [0.29, 0.717) is 12.1 Å². The van der Waals surface area contributed by atoms with Crippen molar-refractivity contribution in [3.8, 4) is 0 Å². The first kappa shape index (κ1) is 24.2. The minimum atomic E-state index is -1.39. The molecular weight excluding hydrogens is 431 g/mol. The third kappa shape index (κ3) is 6.52. The van der Waals surface area contributed by atoms with E-state index in [-0.39, 0.29) is 26.1 Å². The molecule has 0 aliphatic heterocycles. The monoisotopic (exact) mass is 455 g/mol. The molecule has 0 spiro atoms. The van der Waals surface area contributed by atoms with Crippen LogP contribution in [0, 0.1) is 17.5 Å². The smallest absolute Gasteiger partial charge is 0.307 e. The Morgan fingerprint density at radius 1 is 0.818 bits per heavy atom. The Hall–Kier alpha value is -3.45. The average Bonchev–Trinajstić information content (AvgIpc) is 2.80. The maximum absolute atomic E-state index is 14.5. The van der Waals surface area contributed by atoms with Gasteiger partial charge in [-0.2, -0.15) is 0 Å².